The first kappa shape index (κ1) is 16.6. The molecule has 0 N–H and O–H groups in total. The van der Waals surface area contributed by atoms with Gasteiger partial charge in [-0.1, -0.05) is 36.4 Å². The van der Waals surface area contributed by atoms with Gasteiger partial charge in [-0.3, -0.25) is 0 Å². The van der Waals surface area contributed by atoms with E-state index in [2.05, 4.69) is 36.4 Å². The molecule has 138 valence electrons. The molecule has 4 heteroatoms. The highest BCUT2D eigenvalue weighted by Crippen LogP contribution is 2.58. The van der Waals surface area contributed by atoms with Gasteiger partial charge < -0.3 is 18.9 Å². The van der Waals surface area contributed by atoms with Crippen LogP contribution in [0.25, 0.3) is 21.9 Å². The Bertz CT molecular complexity index is 1050. The first-order valence-corrected chi connectivity index (χ1v) is 9.16. The lowest BCUT2D eigenvalue weighted by molar-refractivity contribution is -0.147. The van der Waals surface area contributed by atoms with E-state index in [1.54, 1.807) is 14.2 Å². The van der Waals surface area contributed by atoms with Crippen molar-refractivity contribution in [3.63, 3.8) is 0 Å². The average molecular weight is 362 g/mol. The van der Waals surface area contributed by atoms with Crippen molar-refractivity contribution in [3.8, 4) is 22.6 Å². The molecule has 1 saturated heterocycles. The predicted octanol–water partition coefficient (Wildman–Crippen LogP) is 5.40. The van der Waals surface area contributed by atoms with Crippen LogP contribution in [0.4, 0.5) is 0 Å². The number of benzene rings is 3. The van der Waals surface area contributed by atoms with Crippen molar-refractivity contribution in [2.75, 3.05) is 14.2 Å². The Hall–Kier alpha value is -2.56. The van der Waals surface area contributed by atoms with Gasteiger partial charge in [0.25, 0.3) is 0 Å². The van der Waals surface area contributed by atoms with Gasteiger partial charge in [-0.05, 0) is 47.4 Å². The molecule has 2 atom stereocenters. The first-order chi connectivity index (χ1) is 13.0. The first-order valence-electron chi connectivity index (χ1n) is 9.16. The Balaban J connectivity index is 1.90. The van der Waals surface area contributed by atoms with Crippen LogP contribution < -0.4 is 9.47 Å². The summed E-state index contributed by atoms with van der Waals surface area (Å²) in [7, 11) is 3.36. The van der Waals surface area contributed by atoms with E-state index in [1.165, 1.54) is 10.8 Å². The van der Waals surface area contributed by atoms with Crippen molar-refractivity contribution in [1.29, 1.82) is 0 Å². The Morgan fingerprint density at radius 1 is 0.815 bits per heavy atom. The van der Waals surface area contributed by atoms with Crippen LogP contribution in [-0.2, 0) is 9.47 Å². The molecule has 4 nitrogen and oxygen atoms in total. The van der Waals surface area contributed by atoms with Crippen molar-refractivity contribution in [1.82, 2.24) is 0 Å². The summed E-state index contributed by atoms with van der Waals surface area (Å²) in [6.45, 7) is 3.92. The van der Waals surface area contributed by atoms with Crippen LogP contribution in [0.15, 0.2) is 48.5 Å². The van der Waals surface area contributed by atoms with Gasteiger partial charge in [-0.2, -0.15) is 0 Å². The topological polar surface area (TPSA) is 36.9 Å². The molecule has 0 bridgehead atoms. The lowest BCUT2D eigenvalue weighted by Crippen LogP contribution is -2.19. The number of hydrogen-bond donors (Lipinski definition) is 0. The summed E-state index contributed by atoms with van der Waals surface area (Å²) in [5.41, 5.74) is 4.41. The smallest absolute Gasteiger partial charge is 0.164 e. The minimum absolute atomic E-state index is 0.163. The predicted molar refractivity (Wildman–Crippen MR) is 104 cm³/mol. The third kappa shape index (κ3) is 2.37. The Morgan fingerprint density at radius 2 is 1.56 bits per heavy atom. The molecule has 0 aromatic heterocycles. The SMILES string of the molecule is COc1cc(OC)c2c(c1)[C@H]1OC(C)(C)O[C@@H]1c1ccc3ccccc3c1-2. The molecule has 3 aromatic rings. The molecule has 27 heavy (non-hydrogen) atoms. The fraction of sp³-hybridized carbons (Fsp3) is 0.304. The molecule has 5 rings (SSSR count). The van der Waals surface area contributed by atoms with E-state index in [-0.39, 0.29) is 12.2 Å². The van der Waals surface area contributed by atoms with Gasteiger partial charge in [0.1, 0.15) is 23.7 Å². The van der Waals surface area contributed by atoms with E-state index < -0.39 is 5.79 Å². The van der Waals surface area contributed by atoms with Crippen molar-refractivity contribution < 1.29 is 18.9 Å². The van der Waals surface area contributed by atoms with Crippen molar-refractivity contribution in [2.24, 2.45) is 0 Å². The third-order valence-electron chi connectivity index (χ3n) is 5.48. The van der Waals surface area contributed by atoms with Crippen molar-refractivity contribution >= 4 is 10.8 Å². The summed E-state index contributed by atoms with van der Waals surface area (Å²) < 4.78 is 23.9. The quantitative estimate of drug-likeness (QED) is 0.611. The fourth-order valence-electron chi connectivity index (χ4n) is 4.40. The Labute approximate surface area is 158 Å². The highest BCUT2D eigenvalue weighted by molar-refractivity contribution is 6.01. The van der Waals surface area contributed by atoms with Crippen LogP contribution in [0.5, 0.6) is 11.5 Å². The molecule has 0 unspecified atom stereocenters. The van der Waals surface area contributed by atoms with Crippen molar-refractivity contribution in [2.45, 2.75) is 31.8 Å². The molecule has 0 radical (unpaired) electrons. The highest BCUT2D eigenvalue weighted by Gasteiger charge is 2.48. The Morgan fingerprint density at radius 3 is 2.30 bits per heavy atom. The van der Waals surface area contributed by atoms with E-state index in [1.807, 2.05) is 26.0 Å². The van der Waals surface area contributed by atoms with E-state index in [0.717, 1.165) is 33.8 Å². The molecule has 0 saturated carbocycles. The van der Waals surface area contributed by atoms with Crippen LogP contribution in [-0.4, -0.2) is 20.0 Å². The largest absolute Gasteiger partial charge is 0.497 e. The monoisotopic (exact) mass is 362 g/mol. The normalized spacial score (nSPS) is 22.1. The van der Waals surface area contributed by atoms with Crippen LogP contribution in [0.1, 0.15) is 37.2 Å². The van der Waals surface area contributed by atoms with Gasteiger partial charge in [-0.25, -0.2) is 0 Å². The molecular weight excluding hydrogens is 340 g/mol. The molecule has 2 aliphatic rings. The lowest BCUT2D eigenvalue weighted by atomic mass is 9.79. The maximum absolute atomic E-state index is 6.33. The van der Waals surface area contributed by atoms with Gasteiger partial charge in [0, 0.05) is 11.6 Å². The summed E-state index contributed by atoms with van der Waals surface area (Å²) in [6, 6.07) is 16.7. The number of fused-ring (bicyclic) bond motifs is 8. The molecule has 1 fully saturated rings. The minimum atomic E-state index is -0.657. The van der Waals surface area contributed by atoms with Crippen LogP contribution in [0.3, 0.4) is 0 Å². The van der Waals surface area contributed by atoms with Gasteiger partial charge in [0.05, 0.1) is 14.2 Å². The zero-order valence-corrected chi connectivity index (χ0v) is 15.9. The Kier molecular flexibility index (Phi) is 3.51. The van der Waals surface area contributed by atoms with Crippen LogP contribution >= 0.6 is 0 Å². The second-order valence-electron chi connectivity index (χ2n) is 7.52. The number of methoxy groups -OCH3 is 2. The maximum atomic E-state index is 6.33. The van der Waals surface area contributed by atoms with E-state index in [4.69, 9.17) is 18.9 Å². The zero-order valence-electron chi connectivity index (χ0n) is 15.9. The fourth-order valence-corrected chi connectivity index (χ4v) is 4.40. The minimum Gasteiger partial charge on any atom is -0.497 e. The number of rotatable bonds is 2. The van der Waals surface area contributed by atoms with Gasteiger partial charge in [0.15, 0.2) is 5.79 Å². The van der Waals surface area contributed by atoms with Crippen molar-refractivity contribution in [3.05, 3.63) is 59.7 Å². The summed E-state index contributed by atoms with van der Waals surface area (Å²) in [4.78, 5) is 0. The molecule has 1 heterocycles. The van der Waals surface area contributed by atoms with Gasteiger partial charge >= 0.3 is 0 Å². The summed E-state index contributed by atoms with van der Waals surface area (Å²) in [6.07, 6.45) is -0.364. The molecule has 1 aliphatic heterocycles. The lowest BCUT2D eigenvalue weighted by Gasteiger charge is -2.31. The van der Waals surface area contributed by atoms with Gasteiger partial charge in [0.2, 0.25) is 0 Å². The number of hydrogen-bond acceptors (Lipinski definition) is 4. The second-order valence-corrected chi connectivity index (χ2v) is 7.52. The van der Waals surface area contributed by atoms with E-state index >= 15 is 0 Å². The molecule has 0 amide bonds. The second kappa shape index (κ2) is 5.72. The standard InChI is InChI=1S/C23H22O4/c1-23(2)26-21-16-10-9-13-7-5-6-8-15(13)19(16)20-17(22(21)27-23)11-14(24-3)12-18(20)25-4/h5-12,21-22H,1-4H3/t21-,22-/m1/s1. The van der Waals surface area contributed by atoms with E-state index in [9.17, 15) is 0 Å². The third-order valence-corrected chi connectivity index (χ3v) is 5.48. The number of ether oxygens (including phenoxy) is 4. The van der Waals surface area contributed by atoms with Crippen LogP contribution in [0, 0.1) is 0 Å². The summed E-state index contributed by atoms with van der Waals surface area (Å²) >= 11 is 0. The molecule has 0 spiro atoms. The molecular formula is C23H22O4. The van der Waals surface area contributed by atoms with Crippen LogP contribution in [0.2, 0.25) is 0 Å². The van der Waals surface area contributed by atoms with E-state index in [0.29, 0.717) is 0 Å². The molecule has 3 aromatic carbocycles. The summed E-state index contributed by atoms with van der Waals surface area (Å²) in [5, 5.41) is 2.38. The van der Waals surface area contributed by atoms with Gasteiger partial charge in [-0.15, -0.1) is 0 Å². The molecule has 1 aliphatic carbocycles. The zero-order chi connectivity index (χ0) is 18.8. The highest BCUT2D eigenvalue weighted by atomic mass is 16.8. The summed E-state index contributed by atoms with van der Waals surface area (Å²) in [5.74, 6) is 0.881. The average Bonchev–Trinajstić information content (AvgIpc) is 3.02. The maximum Gasteiger partial charge on any atom is 0.164 e.